The van der Waals surface area contributed by atoms with Crippen LogP contribution in [0, 0.1) is 6.92 Å². The molecule has 0 atom stereocenters. The monoisotopic (exact) mass is 287 g/mol. The van der Waals surface area contributed by atoms with Crippen molar-refractivity contribution in [2.24, 2.45) is 0 Å². The lowest BCUT2D eigenvalue weighted by atomic mass is 10.1. The van der Waals surface area contributed by atoms with Crippen molar-refractivity contribution in [3.05, 3.63) is 41.0 Å². The second-order valence-corrected chi connectivity index (χ2v) is 5.20. The van der Waals surface area contributed by atoms with Crippen molar-refractivity contribution in [3.63, 3.8) is 0 Å². The number of fused-ring (bicyclic) bond motifs is 1. The number of nitrogens with zero attached hydrogens (tertiary/aromatic N) is 3. The van der Waals surface area contributed by atoms with Crippen molar-refractivity contribution in [2.45, 2.75) is 26.3 Å². The Morgan fingerprint density at radius 3 is 3.05 bits per heavy atom. The molecule has 2 heterocycles. The van der Waals surface area contributed by atoms with Crippen molar-refractivity contribution in [2.75, 3.05) is 13.7 Å². The van der Waals surface area contributed by atoms with Gasteiger partial charge < -0.3 is 14.2 Å². The van der Waals surface area contributed by atoms with Gasteiger partial charge in [-0.3, -0.25) is 4.79 Å². The average Bonchev–Trinajstić information content (AvgIpc) is 3.07. The molecule has 1 aliphatic heterocycles. The Balaban J connectivity index is 1.63. The number of hydrogen-bond acceptors (Lipinski definition) is 5. The van der Waals surface area contributed by atoms with Crippen LogP contribution in [-0.2, 0) is 24.2 Å². The summed E-state index contributed by atoms with van der Waals surface area (Å²) in [7, 11) is 1.74. The highest BCUT2D eigenvalue weighted by atomic mass is 16.5. The van der Waals surface area contributed by atoms with Gasteiger partial charge in [0, 0.05) is 20.4 Å². The van der Waals surface area contributed by atoms with E-state index in [0.29, 0.717) is 24.7 Å². The number of benzene rings is 1. The van der Waals surface area contributed by atoms with Crippen molar-refractivity contribution >= 4 is 5.91 Å². The molecule has 0 bridgehead atoms. The predicted octanol–water partition coefficient (Wildman–Crippen LogP) is 1.51. The molecule has 0 spiro atoms. The normalized spacial score (nSPS) is 12.9. The van der Waals surface area contributed by atoms with E-state index in [1.54, 1.807) is 18.9 Å². The summed E-state index contributed by atoms with van der Waals surface area (Å²) in [5.41, 5.74) is 2.18. The van der Waals surface area contributed by atoms with Crippen LogP contribution in [0.4, 0.5) is 0 Å². The lowest BCUT2D eigenvalue weighted by Gasteiger charge is -2.15. The molecule has 0 N–H and O–H groups in total. The van der Waals surface area contributed by atoms with Gasteiger partial charge in [-0.15, -0.1) is 0 Å². The van der Waals surface area contributed by atoms with Gasteiger partial charge in [-0.05, 0) is 17.2 Å². The molecule has 6 heteroatoms. The van der Waals surface area contributed by atoms with Crippen molar-refractivity contribution < 1.29 is 14.1 Å². The first-order chi connectivity index (χ1) is 10.1. The Morgan fingerprint density at radius 1 is 1.43 bits per heavy atom. The van der Waals surface area contributed by atoms with Crippen LogP contribution in [0.5, 0.6) is 5.75 Å². The highest BCUT2D eigenvalue weighted by molar-refractivity contribution is 5.78. The Labute approximate surface area is 122 Å². The molecule has 110 valence electrons. The first-order valence-electron chi connectivity index (χ1n) is 6.89. The van der Waals surface area contributed by atoms with E-state index in [2.05, 4.69) is 10.1 Å². The van der Waals surface area contributed by atoms with Crippen molar-refractivity contribution in [3.8, 4) is 5.75 Å². The Hall–Kier alpha value is -2.37. The molecule has 6 nitrogen and oxygen atoms in total. The zero-order chi connectivity index (χ0) is 14.8. The Kier molecular flexibility index (Phi) is 3.60. The molecule has 1 amide bonds. The van der Waals surface area contributed by atoms with Gasteiger partial charge in [0.15, 0.2) is 5.82 Å². The zero-order valence-electron chi connectivity index (χ0n) is 12.1. The lowest BCUT2D eigenvalue weighted by molar-refractivity contribution is -0.129. The van der Waals surface area contributed by atoms with E-state index in [1.807, 2.05) is 18.2 Å². The first-order valence-corrected chi connectivity index (χ1v) is 6.89. The number of rotatable bonds is 4. The van der Waals surface area contributed by atoms with Crippen LogP contribution < -0.4 is 4.74 Å². The maximum Gasteiger partial charge on any atom is 0.227 e. The maximum atomic E-state index is 12.2. The fourth-order valence-electron chi connectivity index (χ4n) is 2.37. The van der Waals surface area contributed by atoms with E-state index < -0.39 is 0 Å². The first kappa shape index (κ1) is 13.6. The minimum absolute atomic E-state index is 0.0244. The number of aryl methyl sites for hydroxylation is 1. The molecule has 2 aromatic rings. The van der Waals surface area contributed by atoms with E-state index >= 15 is 0 Å². The number of ether oxygens (including phenoxy) is 1. The second-order valence-electron chi connectivity index (χ2n) is 5.20. The molecule has 1 aliphatic rings. The van der Waals surface area contributed by atoms with Gasteiger partial charge in [0.2, 0.25) is 11.8 Å². The highest BCUT2D eigenvalue weighted by Gasteiger charge is 2.16. The molecule has 0 saturated heterocycles. The van der Waals surface area contributed by atoms with Gasteiger partial charge in [0.25, 0.3) is 0 Å². The van der Waals surface area contributed by atoms with Gasteiger partial charge in [0.1, 0.15) is 5.75 Å². The third-order valence-corrected chi connectivity index (χ3v) is 3.48. The number of likely N-dealkylation sites (N-methyl/N-ethyl adjacent to an activating group) is 1. The Bertz CT molecular complexity index is 666. The molecule has 0 unspecified atom stereocenters. The van der Waals surface area contributed by atoms with Crippen LogP contribution >= 0.6 is 0 Å². The van der Waals surface area contributed by atoms with Crippen molar-refractivity contribution in [1.29, 1.82) is 0 Å². The number of hydrogen-bond donors (Lipinski definition) is 0. The predicted molar refractivity (Wildman–Crippen MR) is 74.9 cm³/mol. The van der Waals surface area contributed by atoms with Gasteiger partial charge >= 0.3 is 0 Å². The van der Waals surface area contributed by atoms with Crippen LogP contribution in [0.3, 0.4) is 0 Å². The molecular formula is C15H17N3O3. The van der Waals surface area contributed by atoms with E-state index in [-0.39, 0.29) is 5.91 Å². The van der Waals surface area contributed by atoms with Crippen LogP contribution in [-0.4, -0.2) is 34.6 Å². The lowest BCUT2D eigenvalue weighted by Crippen LogP contribution is -2.28. The van der Waals surface area contributed by atoms with Gasteiger partial charge in [-0.1, -0.05) is 17.3 Å². The third-order valence-electron chi connectivity index (χ3n) is 3.48. The molecule has 21 heavy (non-hydrogen) atoms. The minimum atomic E-state index is 0.0244. The number of aromatic nitrogens is 2. The van der Waals surface area contributed by atoms with E-state index in [4.69, 9.17) is 9.26 Å². The topological polar surface area (TPSA) is 68.5 Å². The summed E-state index contributed by atoms with van der Waals surface area (Å²) in [5.74, 6) is 1.98. The molecule has 0 radical (unpaired) electrons. The van der Waals surface area contributed by atoms with E-state index in [1.165, 1.54) is 5.56 Å². The molecule has 1 aromatic heterocycles. The van der Waals surface area contributed by atoms with Crippen LogP contribution in [0.25, 0.3) is 0 Å². The minimum Gasteiger partial charge on any atom is -0.493 e. The van der Waals surface area contributed by atoms with Crippen molar-refractivity contribution in [1.82, 2.24) is 15.0 Å². The molecule has 3 rings (SSSR count). The van der Waals surface area contributed by atoms with Crippen LogP contribution in [0.2, 0.25) is 0 Å². The van der Waals surface area contributed by atoms with Gasteiger partial charge in [0.05, 0.1) is 19.6 Å². The summed E-state index contributed by atoms with van der Waals surface area (Å²) in [4.78, 5) is 17.9. The summed E-state index contributed by atoms with van der Waals surface area (Å²) < 4.78 is 10.4. The SMILES string of the molecule is Cc1nc(CN(C)C(=O)Cc2ccc3c(c2)CCO3)no1. The number of amides is 1. The second kappa shape index (κ2) is 5.55. The fourth-order valence-corrected chi connectivity index (χ4v) is 2.37. The summed E-state index contributed by atoms with van der Waals surface area (Å²) >= 11 is 0. The van der Waals surface area contributed by atoms with Gasteiger partial charge in [-0.2, -0.15) is 4.98 Å². The summed E-state index contributed by atoms with van der Waals surface area (Å²) in [6, 6.07) is 5.93. The largest absolute Gasteiger partial charge is 0.493 e. The van der Waals surface area contributed by atoms with E-state index in [0.717, 1.165) is 24.3 Å². The maximum absolute atomic E-state index is 12.2. The quantitative estimate of drug-likeness (QED) is 0.852. The van der Waals surface area contributed by atoms with Gasteiger partial charge in [-0.25, -0.2) is 0 Å². The standard InChI is InChI=1S/C15H17N3O3/c1-10-16-14(17-21-10)9-18(2)15(19)8-11-3-4-13-12(7-11)5-6-20-13/h3-4,7H,5-6,8-9H2,1-2H3. The third kappa shape index (κ3) is 3.04. The van der Waals surface area contributed by atoms with E-state index in [9.17, 15) is 4.79 Å². The molecular weight excluding hydrogens is 270 g/mol. The highest BCUT2D eigenvalue weighted by Crippen LogP contribution is 2.26. The Morgan fingerprint density at radius 2 is 2.29 bits per heavy atom. The fraction of sp³-hybridized carbons (Fsp3) is 0.400. The average molecular weight is 287 g/mol. The smallest absolute Gasteiger partial charge is 0.227 e. The number of carbonyl (C=O) groups is 1. The summed E-state index contributed by atoms with van der Waals surface area (Å²) in [6.45, 7) is 2.80. The molecule has 1 aromatic carbocycles. The van der Waals surface area contributed by atoms with Crippen LogP contribution in [0.1, 0.15) is 22.8 Å². The summed E-state index contributed by atoms with van der Waals surface area (Å²) in [5, 5.41) is 3.80. The number of carbonyl (C=O) groups excluding carboxylic acids is 1. The molecule has 0 saturated carbocycles. The molecule has 0 fully saturated rings. The summed E-state index contributed by atoms with van der Waals surface area (Å²) in [6.07, 6.45) is 1.27. The van der Waals surface area contributed by atoms with Crippen LogP contribution in [0.15, 0.2) is 22.7 Å². The molecule has 0 aliphatic carbocycles. The zero-order valence-corrected chi connectivity index (χ0v) is 12.1.